The lowest BCUT2D eigenvalue weighted by molar-refractivity contribution is -0.182. The Labute approximate surface area is 165 Å². The van der Waals surface area contributed by atoms with E-state index in [1.807, 2.05) is 6.07 Å². The number of nitrogens with zero attached hydrogens (tertiary/aromatic N) is 2. The van der Waals surface area contributed by atoms with Gasteiger partial charge < -0.3 is 5.11 Å². The van der Waals surface area contributed by atoms with Gasteiger partial charge in [-0.15, -0.1) is 0 Å². The lowest BCUT2D eigenvalue weighted by Gasteiger charge is -2.45. The van der Waals surface area contributed by atoms with Gasteiger partial charge >= 0.3 is 6.09 Å². The van der Waals surface area contributed by atoms with Crippen molar-refractivity contribution in [2.45, 2.75) is 43.7 Å². The summed E-state index contributed by atoms with van der Waals surface area (Å²) in [5.74, 6) is 0. The molecule has 2 aromatic rings. The van der Waals surface area contributed by atoms with E-state index in [0.29, 0.717) is 12.0 Å². The number of benzene rings is 2. The number of hydrogen-bond donors (Lipinski definition) is 2. The summed E-state index contributed by atoms with van der Waals surface area (Å²) in [6.45, 7) is 3.53. The Kier molecular flexibility index (Phi) is 7.17. The molecule has 0 aliphatic rings. The molecule has 0 aliphatic heterocycles. The van der Waals surface area contributed by atoms with E-state index in [4.69, 9.17) is 0 Å². The standard InChI is InChI=1S/C20H26N2O5S/c1-3-15-21(28(26,27)18-13-9-6-10-14-18)20(4-2,22(25)19(23)24)16-17-11-7-5-8-12-17/h5-14,25H,3-4,15-16H2,1-2H3,(H,23,24). The molecule has 2 N–H and O–H groups in total. The molecule has 2 aromatic carbocycles. The van der Waals surface area contributed by atoms with Crippen LogP contribution >= 0.6 is 0 Å². The van der Waals surface area contributed by atoms with Gasteiger partial charge in [0.15, 0.2) is 0 Å². The van der Waals surface area contributed by atoms with Crippen molar-refractivity contribution in [3.05, 3.63) is 66.2 Å². The Balaban J connectivity index is 2.67. The number of hydrogen-bond acceptors (Lipinski definition) is 4. The fourth-order valence-corrected chi connectivity index (χ4v) is 5.19. The second kappa shape index (κ2) is 9.18. The van der Waals surface area contributed by atoms with Crippen molar-refractivity contribution in [1.82, 2.24) is 9.37 Å². The van der Waals surface area contributed by atoms with Gasteiger partial charge in [-0.1, -0.05) is 62.4 Å². The summed E-state index contributed by atoms with van der Waals surface area (Å²) in [5.41, 5.74) is -0.966. The predicted molar refractivity (Wildman–Crippen MR) is 105 cm³/mol. The number of carboxylic acid groups (broad SMARTS) is 1. The second-order valence-corrected chi connectivity index (χ2v) is 8.35. The number of hydroxylamine groups is 2. The van der Waals surface area contributed by atoms with Crippen molar-refractivity contribution < 1.29 is 23.5 Å². The van der Waals surface area contributed by atoms with Crippen LogP contribution in [0.4, 0.5) is 4.79 Å². The molecule has 0 bridgehead atoms. The molecule has 1 unspecified atom stereocenters. The molecular weight excluding hydrogens is 380 g/mol. The van der Waals surface area contributed by atoms with Crippen molar-refractivity contribution >= 4 is 16.1 Å². The summed E-state index contributed by atoms with van der Waals surface area (Å²) < 4.78 is 28.0. The zero-order chi connectivity index (χ0) is 20.8. The molecule has 7 nitrogen and oxygen atoms in total. The average molecular weight is 407 g/mol. The molecule has 1 atom stereocenters. The quantitative estimate of drug-likeness (QED) is 0.375. The Morgan fingerprint density at radius 2 is 1.54 bits per heavy atom. The van der Waals surface area contributed by atoms with Crippen molar-refractivity contribution in [3.8, 4) is 0 Å². The molecule has 0 radical (unpaired) electrons. The lowest BCUT2D eigenvalue weighted by atomic mass is 9.96. The summed E-state index contributed by atoms with van der Waals surface area (Å²) in [4.78, 5) is 11.8. The molecule has 0 aliphatic carbocycles. The first-order valence-corrected chi connectivity index (χ1v) is 10.6. The highest BCUT2D eigenvalue weighted by atomic mass is 32.2. The molecule has 152 valence electrons. The lowest BCUT2D eigenvalue weighted by Crippen LogP contribution is -2.63. The van der Waals surface area contributed by atoms with E-state index >= 15 is 0 Å². The molecule has 0 spiro atoms. The van der Waals surface area contributed by atoms with Crippen molar-refractivity contribution in [2.75, 3.05) is 6.54 Å². The molecule has 28 heavy (non-hydrogen) atoms. The third kappa shape index (κ3) is 4.35. The number of carbonyl (C=O) groups is 1. The van der Waals surface area contributed by atoms with E-state index in [1.54, 1.807) is 56.3 Å². The first-order chi connectivity index (χ1) is 13.3. The fraction of sp³-hybridized carbons (Fsp3) is 0.350. The Bertz CT molecular complexity index is 874. The van der Waals surface area contributed by atoms with Crippen molar-refractivity contribution in [1.29, 1.82) is 0 Å². The second-order valence-electron chi connectivity index (χ2n) is 6.48. The van der Waals surface area contributed by atoms with Crippen LogP contribution in [-0.2, 0) is 16.4 Å². The summed E-state index contributed by atoms with van der Waals surface area (Å²) in [5, 5.41) is 20.2. The molecule has 0 saturated heterocycles. The fourth-order valence-electron chi connectivity index (χ4n) is 3.30. The van der Waals surface area contributed by atoms with Crippen molar-refractivity contribution in [2.24, 2.45) is 0 Å². The molecule has 0 fully saturated rings. The highest BCUT2D eigenvalue weighted by Crippen LogP contribution is 2.34. The zero-order valence-electron chi connectivity index (χ0n) is 16.0. The summed E-state index contributed by atoms with van der Waals surface area (Å²) in [6.07, 6.45) is -1.08. The average Bonchev–Trinajstić information content (AvgIpc) is 2.71. The molecule has 0 saturated carbocycles. The van der Waals surface area contributed by atoms with E-state index in [9.17, 15) is 23.5 Å². The molecule has 2 rings (SSSR count). The maximum atomic E-state index is 13.4. The van der Waals surface area contributed by atoms with E-state index in [0.717, 1.165) is 4.31 Å². The van der Waals surface area contributed by atoms with Gasteiger partial charge in [-0.3, -0.25) is 5.21 Å². The van der Waals surface area contributed by atoms with Crippen LogP contribution in [0.25, 0.3) is 0 Å². The van der Waals surface area contributed by atoms with Crippen LogP contribution < -0.4 is 0 Å². The van der Waals surface area contributed by atoms with Crippen LogP contribution in [0.1, 0.15) is 32.3 Å². The van der Waals surface area contributed by atoms with E-state index in [-0.39, 0.29) is 29.3 Å². The summed E-state index contributed by atoms with van der Waals surface area (Å²) >= 11 is 0. The van der Waals surface area contributed by atoms with Crippen LogP contribution in [0, 0.1) is 0 Å². The van der Waals surface area contributed by atoms with E-state index < -0.39 is 21.8 Å². The predicted octanol–water partition coefficient (Wildman–Crippen LogP) is 3.81. The van der Waals surface area contributed by atoms with Gasteiger partial charge in [-0.05, 0) is 30.5 Å². The normalized spacial score (nSPS) is 13.9. The molecule has 8 heteroatoms. The third-order valence-corrected chi connectivity index (χ3v) is 6.66. The zero-order valence-corrected chi connectivity index (χ0v) is 16.8. The molecule has 0 aromatic heterocycles. The number of rotatable bonds is 9. The largest absolute Gasteiger partial charge is 0.463 e. The monoisotopic (exact) mass is 406 g/mol. The minimum atomic E-state index is -4.06. The number of sulfonamides is 1. The number of amides is 1. The van der Waals surface area contributed by atoms with Gasteiger partial charge in [0.2, 0.25) is 10.0 Å². The van der Waals surface area contributed by atoms with Crippen molar-refractivity contribution in [3.63, 3.8) is 0 Å². The highest BCUT2D eigenvalue weighted by Gasteiger charge is 2.49. The minimum absolute atomic E-state index is 0.0131. The first-order valence-electron chi connectivity index (χ1n) is 9.13. The van der Waals surface area contributed by atoms with Crippen LogP contribution in [0.5, 0.6) is 0 Å². The van der Waals surface area contributed by atoms with Gasteiger partial charge in [0.25, 0.3) is 0 Å². The van der Waals surface area contributed by atoms with Gasteiger partial charge in [0.05, 0.1) is 4.90 Å². The van der Waals surface area contributed by atoms with Crippen LogP contribution in [-0.4, -0.2) is 46.4 Å². The Hall–Kier alpha value is -2.42. The highest BCUT2D eigenvalue weighted by molar-refractivity contribution is 7.89. The van der Waals surface area contributed by atoms with Gasteiger partial charge in [-0.2, -0.15) is 9.37 Å². The minimum Gasteiger partial charge on any atom is -0.463 e. The molecule has 1 amide bonds. The Morgan fingerprint density at radius 1 is 1.00 bits per heavy atom. The van der Waals surface area contributed by atoms with E-state index in [2.05, 4.69) is 0 Å². The smallest absolute Gasteiger partial charge is 0.433 e. The maximum Gasteiger partial charge on any atom is 0.433 e. The molecular formula is C20H26N2O5S. The van der Waals surface area contributed by atoms with Gasteiger partial charge in [-0.25, -0.2) is 13.2 Å². The molecule has 0 heterocycles. The first kappa shape index (κ1) is 21.9. The topological polar surface area (TPSA) is 98.2 Å². The van der Waals surface area contributed by atoms with Crippen LogP contribution in [0.15, 0.2) is 65.6 Å². The van der Waals surface area contributed by atoms with Crippen LogP contribution in [0.2, 0.25) is 0 Å². The summed E-state index contributed by atoms with van der Waals surface area (Å²) in [7, 11) is -4.06. The SMILES string of the molecule is CCCN(C(CC)(Cc1ccccc1)N(O)C(=O)O)S(=O)(=O)c1ccccc1. The summed E-state index contributed by atoms with van der Waals surface area (Å²) in [6, 6.07) is 16.8. The van der Waals surface area contributed by atoms with Crippen LogP contribution in [0.3, 0.4) is 0 Å². The third-order valence-electron chi connectivity index (χ3n) is 4.69. The van der Waals surface area contributed by atoms with Gasteiger partial charge in [0.1, 0.15) is 5.66 Å². The maximum absolute atomic E-state index is 13.4. The van der Waals surface area contributed by atoms with Gasteiger partial charge in [0, 0.05) is 13.0 Å². The van der Waals surface area contributed by atoms with E-state index in [1.165, 1.54) is 12.1 Å². The Morgan fingerprint density at radius 3 is 2.00 bits per heavy atom.